The molecule has 0 aliphatic carbocycles. The average molecular weight is 399 g/mol. The normalized spacial score (nSPS) is 12.6. The predicted molar refractivity (Wildman–Crippen MR) is 107 cm³/mol. The second kappa shape index (κ2) is 7.94. The van der Waals surface area contributed by atoms with Crippen LogP contribution >= 0.6 is 11.6 Å². The van der Waals surface area contributed by atoms with Crippen molar-refractivity contribution < 1.29 is 19.0 Å². The Bertz CT molecular complexity index is 1040. The number of rotatable bonds is 5. The molecule has 0 fully saturated rings. The van der Waals surface area contributed by atoms with Gasteiger partial charge in [0.1, 0.15) is 24.7 Å². The van der Waals surface area contributed by atoms with Crippen molar-refractivity contribution >= 4 is 28.4 Å². The second-order valence-corrected chi connectivity index (χ2v) is 6.77. The van der Waals surface area contributed by atoms with Gasteiger partial charge >= 0.3 is 0 Å². The number of nitrogens with one attached hydrogen (secondary N) is 1. The Kier molecular flexibility index (Phi) is 5.21. The summed E-state index contributed by atoms with van der Waals surface area (Å²) in [6, 6.07) is 12.8. The SMILES string of the molecule is COc1ccc2nc(C(=O)NCCc3cc(Cl)c4c(c3)OCCO4)ccc2c1. The lowest BCUT2D eigenvalue weighted by Crippen LogP contribution is -2.26. The zero-order valence-electron chi connectivity index (χ0n) is 15.3. The number of carbonyl (C=O) groups excluding carboxylic acids is 1. The van der Waals surface area contributed by atoms with E-state index in [1.165, 1.54) is 0 Å². The number of hydrogen-bond donors (Lipinski definition) is 1. The lowest BCUT2D eigenvalue weighted by molar-refractivity contribution is 0.0949. The van der Waals surface area contributed by atoms with Crippen LogP contribution in [0.2, 0.25) is 5.02 Å². The molecule has 1 amide bonds. The predicted octanol–water partition coefficient (Wildman–Crippen LogP) is 3.64. The summed E-state index contributed by atoms with van der Waals surface area (Å²) in [5, 5.41) is 4.33. The molecule has 2 heterocycles. The van der Waals surface area contributed by atoms with Crippen molar-refractivity contribution in [2.75, 3.05) is 26.9 Å². The Hall–Kier alpha value is -2.99. The van der Waals surface area contributed by atoms with Crippen molar-refractivity contribution in [1.29, 1.82) is 0 Å². The maximum absolute atomic E-state index is 12.4. The van der Waals surface area contributed by atoms with E-state index in [0.717, 1.165) is 22.2 Å². The van der Waals surface area contributed by atoms with Gasteiger partial charge < -0.3 is 19.5 Å². The molecular formula is C21H19ClN2O4. The number of amides is 1. The molecule has 1 aromatic heterocycles. The number of nitrogens with zero attached hydrogens (tertiary/aromatic N) is 1. The Labute approximate surface area is 167 Å². The number of benzene rings is 2. The molecule has 0 unspecified atom stereocenters. The molecule has 0 saturated carbocycles. The monoisotopic (exact) mass is 398 g/mol. The number of ether oxygens (including phenoxy) is 3. The highest BCUT2D eigenvalue weighted by Gasteiger charge is 2.16. The minimum Gasteiger partial charge on any atom is -0.497 e. The summed E-state index contributed by atoms with van der Waals surface area (Å²) >= 11 is 6.25. The molecule has 1 aliphatic rings. The first-order valence-electron chi connectivity index (χ1n) is 8.95. The summed E-state index contributed by atoms with van der Waals surface area (Å²) in [5.74, 6) is 1.76. The molecule has 6 nitrogen and oxygen atoms in total. The average Bonchev–Trinajstić information content (AvgIpc) is 2.73. The van der Waals surface area contributed by atoms with Crippen LogP contribution in [0.25, 0.3) is 10.9 Å². The van der Waals surface area contributed by atoms with Crippen molar-refractivity contribution in [3.05, 3.63) is 58.7 Å². The number of hydrogen-bond acceptors (Lipinski definition) is 5. The van der Waals surface area contributed by atoms with Crippen LogP contribution in [0.15, 0.2) is 42.5 Å². The topological polar surface area (TPSA) is 69.7 Å². The van der Waals surface area contributed by atoms with Gasteiger partial charge in [0.25, 0.3) is 5.91 Å². The van der Waals surface area contributed by atoms with Crippen LogP contribution in [0, 0.1) is 0 Å². The number of pyridine rings is 1. The molecule has 7 heteroatoms. The molecule has 0 bridgehead atoms. The summed E-state index contributed by atoms with van der Waals surface area (Å²) in [4.78, 5) is 16.9. The number of carbonyl (C=O) groups is 1. The van der Waals surface area contributed by atoms with E-state index in [-0.39, 0.29) is 5.91 Å². The summed E-state index contributed by atoms with van der Waals surface area (Å²) < 4.78 is 16.3. The number of fused-ring (bicyclic) bond motifs is 2. The lowest BCUT2D eigenvalue weighted by Gasteiger charge is -2.20. The third-order valence-electron chi connectivity index (χ3n) is 4.48. The molecule has 0 radical (unpaired) electrons. The molecule has 2 aromatic carbocycles. The zero-order chi connectivity index (χ0) is 19.5. The van der Waals surface area contributed by atoms with Gasteiger partial charge in [-0.1, -0.05) is 17.7 Å². The van der Waals surface area contributed by atoms with Gasteiger partial charge in [0, 0.05) is 11.9 Å². The smallest absolute Gasteiger partial charge is 0.269 e. The van der Waals surface area contributed by atoms with Crippen LogP contribution in [0.5, 0.6) is 17.2 Å². The molecule has 0 saturated heterocycles. The van der Waals surface area contributed by atoms with Gasteiger partial charge in [0.2, 0.25) is 0 Å². The highest BCUT2D eigenvalue weighted by molar-refractivity contribution is 6.32. The molecule has 1 aliphatic heterocycles. The van der Waals surface area contributed by atoms with Crippen molar-refractivity contribution in [3.63, 3.8) is 0 Å². The minimum absolute atomic E-state index is 0.221. The Morgan fingerprint density at radius 3 is 2.89 bits per heavy atom. The largest absolute Gasteiger partial charge is 0.497 e. The second-order valence-electron chi connectivity index (χ2n) is 6.36. The quantitative estimate of drug-likeness (QED) is 0.710. The van der Waals surface area contributed by atoms with Crippen molar-refractivity contribution in [1.82, 2.24) is 10.3 Å². The van der Waals surface area contributed by atoms with Crippen LogP contribution in [-0.4, -0.2) is 37.8 Å². The summed E-state index contributed by atoms with van der Waals surface area (Å²) in [7, 11) is 1.62. The fourth-order valence-corrected chi connectivity index (χ4v) is 3.36. The molecule has 28 heavy (non-hydrogen) atoms. The molecular weight excluding hydrogens is 380 g/mol. The van der Waals surface area contributed by atoms with Crippen LogP contribution in [-0.2, 0) is 6.42 Å². The van der Waals surface area contributed by atoms with E-state index in [1.807, 2.05) is 36.4 Å². The summed E-state index contributed by atoms with van der Waals surface area (Å²) in [6.45, 7) is 1.45. The third kappa shape index (κ3) is 3.82. The van der Waals surface area contributed by atoms with Gasteiger partial charge in [-0.3, -0.25) is 4.79 Å². The van der Waals surface area contributed by atoms with Crippen molar-refractivity contribution in [2.24, 2.45) is 0 Å². The highest BCUT2D eigenvalue weighted by Crippen LogP contribution is 2.38. The van der Waals surface area contributed by atoms with Gasteiger partial charge in [0.15, 0.2) is 11.5 Å². The van der Waals surface area contributed by atoms with E-state index in [0.29, 0.717) is 48.4 Å². The van der Waals surface area contributed by atoms with E-state index in [2.05, 4.69) is 10.3 Å². The van der Waals surface area contributed by atoms with Crippen LogP contribution in [0.1, 0.15) is 16.1 Å². The highest BCUT2D eigenvalue weighted by atomic mass is 35.5. The van der Waals surface area contributed by atoms with Crippen LogP contribution < -0.4 is 19.5 Å². The first-order valence-corrected chi connectivity index (χ1v) is 9.33. The first kappa shape index (κ1) is 18.4. The van der Waals surface area contributed by atoms with Gasteiger partial charge in [-0.05, 0) is 48.4 Å². The number of halogens is 1. The Balaban J connectivity index is 1.40. The van der Waals surface area contributed by atoms with Gasteiger partial charge in [0.05, 0.1) is 17.6 Å². The summed E-state index contributed by atoms with van der Waals surface area (Å²) in [5.41, 5.74) is 2.08. The van der Waals surface area contributed by atoms with Crippen LogP contribution in [0.3, 0.4) is 0 Å². The van der Waals surface area contributed by atoms with Gasteiger partial charge in [-0.15, -0.1) is 0 Å². The molecule has 1 N–H and O–H groups in total. The van der Waals surface area contributed by atoms with Gasteiger partial charge in [-0.2, -0.15) is 0 Å². The minimum atomic E-state index is -0.221. The summed E-state index contributed by atoms with van der Waals surface area (Å²) in [6.07, 6.45) is 0.618. The molecule has 144 valence electrons. The fourth-order valence-electron chi connectivity index (χ4n) is 3.08. The van der Waals surface area contributed by atoms with Crippen molar-refractivity contribution in [2.45, 2.75) is 6.42 Å². The maximum atomic E-state index is 12.4. The van der Waals surface area contributed by atoms with E-state index < -0.39 is 0 Å². The third-order valence-corrected chi connectivity index (χ3v) is 4.77. The van der Waals surface area contributed by atoms with Crippen molar-refractivity contribution in [3.8, 4) is 17.2 Å². The van der Waals surface area contributed by atoms with E-state index in [1.54, 1.807) is 13.2 Å². The Morgan fingerprint density at radius 2 is 2.04 bits per heavy atom. The van der Waals surface area contributed by atoms with E-state index in [4.69, 9.17) is 25.8 Å². The van der Waals surface area contributed by atoms with Crippen LogP contribution in [0.4, 0.5) is 0 Å². The molecule has 4 rings (SSSR count). The van der Waals surface area contributed by atoms with E-state index in [9.17, 15) is 4.79 Å². The fraction of sp³-hybridized carbons (Fsp3) is 0.238. The van der Waals surface area contributed by atoms with Gasteiger partial charge in [-0.25, -0.2) is 4.98 Å². The lowest BCUT2D eigenvalue weighted by atomic mass is 10.1. The number of methoxy groups -OCH3 is 1. The molecule has 3 aromatic rings. The standard InChI is InChI=1S/C21H19ClN2O4/c1-26-15-3-5-17-14(12-15)2-4-18(24-17)21(25)23-7-6-13-10-16(22)20-19(11-13)27-8-9-28-20/h2-5,10-12H,6-9H2,1H3,(H,23,25). The first-order chi connectivity index (χ1) is 13.6. The Morgan fingerprint density at radius 1 is 1.18 bits per heavy atom. The zero-order valence-corrected chi connectivity index (χ0v) is 16.1. The number of aromatic nitrogens is 1. The maximum Gasteiger partial charge on any atom is 0.269 e. The molecule has 0 spiro atoms. The van der Waals surface area contributed by atoms with E-state index >= 15 is 0 Å². The molecule has 0 atom stereocenters.